The molecule has 1 heterocycles. The molecule has 1 atom stereocenters. The van der Waals surface area contributed by atoms with Crippen molar-refractivity contribution in [3.63, 3.8) is 0 Å². The number of halogens is 3. The van der Waals surface area contributed by atoms with Gasteiger partial charge in [-0.2, -0.15) is 0 Å². The third kappa shape index (κ3) is 2.90. The molecule has 0 fully saturated rings. The molecule has 100 valence electrons. The van der Waals surface area contributed by atoms with Gasteiger partial charge >= 0.3 is 0 Å². The lowest BCUT2D eigenvalue weighted by Crippen LogP contribution is -2.15. The van der Waals surface area contributed by atoms with Crippen LogP contribution in [0.25, 0.3) is 0 Å². The van der Waals surface area contributed by atoms with Crippen molar-refractivity contribution in [2.45, 2.75) is 25.3 Å². The number of aryl methyl sites for hydroxylation is 1. The van der Waals surface area contributed by atoms with Crippen LogP contribution in [0.1, 0.15) is 29.3 Å². The molecular weight excluding hydrogens is 396 g/mol. The summed E-state index contributed by atoms with van der Waals surface area (Å²) in [6.45, 7) is 0. The Labute approximate surface area is 134 Å². The molecule has 0 spiro atoms. The maximum Gasteiger partial charge on any atom is 0.143 e. The average Bonchev–Trinajstić information content (AvgIpc) is 2.75. The second-order valence-corrected chi connectivity index (χ2v) is 8.09. The molecule has 0 amide bonds. The van der Waals surface area contributed by atoms with Crippen LogP contribution in [0.2, 0.25) is 5.02 Å². The van der Waals surface area contributed by atoms with Crippen LogP contribution in [0.15, 0.2) is 24.3 Å². The van der Waals surface area contributed by atoms with E-state index in [2.05, 4.69) is 34.0 Å². The number of rotatable bonds is 2. The van der Waals surface area contributed by atoms with Crippen molar-refractivity contribution in [1.82, 2.24) is 0 Å². The van der Waals surface area contributed by atoms with E-state index >= 15 is 0 Å². The normalized spacial score (nSPS) is 18.2. The first kappa shape index (κ1) is 13.6. The van der Waals surface area contributed by atoms with E-state index in [4.69, 9.17) is 11.6 Å². The lowest BCUT2D eigenvalue weighted by Gasteiger charge is -2.24. The average molecular weight is 408 g/mol. The second-order valence-electron chi connectivity index (χ2n) is 4.65. The van der Waals surface area contributed by atoms with Crippen molar-refractivity contribution < 1.29 is 4.39 Å². The quantitative estimate of drug-likeness (QED) is 0.636. The van der Waals surface area contributed by atoms with Gasteiger partial charge in [0, 0.05) is 10.6 Å². The van der Waals surface area contributed by atoms with Gasteiger partial charge in [-0.15, -0.1) is 11.3 Å². The Morgan fingerprint density at radius 2 is 2.21 bits per heavy atom. The van der Waals surface area contributed by atoms with Crippen LogP contribution in [-0.4, -0.2) is 0 Å². The van der Waals surface area contributed by atoms with Gasteiger partial charge in [-0.05, 0) is 71.7 Å². The first-order chi connectivity index (χ1) is 9.13. The largest absolute Gasteiger partial charge is 0.378 e. The molecule has 1 N–H and O–H groups in total. The van der Waals surface area contributed by atoms with Crippen LogP contribution in [0.5, 0.6) is 0 Å². The van der Waals surface area contributed by atoms with Crippen LogP contribution in [-0.2, 0) is 6.42 Å². The van der Waals surface area contributed by atoms with Gasteiger partial charge in [0.15, 0.2) is 0 Å². The lowest BCUT2D eigenvalue weighted by molar-refractivity contribution is 0.605. The predicted molar refractivity (Wildman–Crippen MR) is 87.7 cm³/mol. The zero-order chi connectivity index (χ0) is 13.4. The third-order valence-electron chi connectivity index (χ3n) is 3.34. The van der Waals surface area contributed by atoms with Gasteiger partial charge in [0.25, 0.3) is 0 Å². The maximum atomic E-state index is 13.5. The fourth-order valence-electron chi connectivity index (χ4n) is 2.46. The van der Waals surface area contributed by atoms with E-state index in [0.717, 1.165) is 18.5 Å². The molecular formula is C14H12ClFINS. The number of fused-ring (bicyclic) bond motifs is 1. The Balaban J connectivity index is 1.86. The zero-order valence-electron chi connectivity index (χ0n) is 10.1. The number of hydrogen-bond acceptors (Lipinski definition) is 2. The van der Waals surface area contributed by atoms with Crippen molar-refractivity contribution in [2.24, 2.45) is 0 Å². The molecule has 0 saturated carbocycles. The van der Waals surface area contributed by atoms with Gasteiger partial charge < -0.3 is 5.32 Å². The fraction of sp³-hybridized carbons (Fsp3) is 0.286. The van der Waals surface area contributed by atoms with Crippen molar-refractivity contribution in [3.05, 3.63) is 48.4 Å². The Hall–Kier alpha value is -0.330. The standard InChI is InChI=1S/C14H12ClFINS/c15-10-5-4-8(6-11(10)16)18-12-2-1-3-13-9(12)7-14(17)19-13/h4-7,12,18H,1-3H2. The van der Waals surface area contributed by atoms with Gasteiger partial charge in [-0.25, -0.2) is 4.39 Å². The minimum atomic E-state index is -0.373. The molecule has 0 bridgehead atoms. The Kier molecular flexibility index (Phi) is 4.01. The third-order valence-corrected chi connectivity index (χ3v) is 5.62. The molecule has 1 aromatic carbocycles. The van der Waals surface area contributed by atoms with Crippen molar-refractivity contribution >= 4 is 51.2 Å². The van der Waals surface area contributed by atoms with Gasteiger partial charge in [-0.1, -0.05) is 11.6 Å². The van der Waals surface area contributed by atoms with E-state index in [1.165, 1.54) is 25.8 Å². The highest BCUT2D eigenvalue weighted by Gasteiger charge is 2.22. The highest BCUT2D eigenvalue weighted by atomic mass is 127. The van der Waals surface area contributed by atoms with Gasteiger partial charge in [0.05, 0.1) is 13.9 Å². The highest BCUT2D eigenvalue weighted by molar-refractivity contribution is 14.1. The van der Waals surface area contributed by atoms with Crippen LogP contribution in [0.3, 0.4) is 0 Å². The highest BCUT2D eigenvalue weighted by Crippen LogP contribution is 2.38. The topological polar surface area (TPSA) is 12.0 Å². The maximum absolute atomic E-state index is 13.5. The molecule has 19 heavy (non-hydrogen) atoms. The number of nitrogens with one attached hydrogen (secondary N) is 1. The number of benzene rings is 1. The molecule has 5 heteroatoms. The van der Waals surface area contributed by atoms with E-state index in [1.54, 1.807) is 6.07 Å². The van der Waals surface area contributed by atoms with Crippen LogP contribution in [0.4, 0.5) is 10.1 Å². The zero-order valence-corrected chi connectivity index (χ0v) is 13.8. The summed E-state index contributed by atoms with van der Waals surface area (Å²) in [4.78, 5) is 1.46. The molecule has 0 radical (unpaired) electrons. The van der Waals surface area contributed by atoms with Crippen LogP contribution < -0.4 is 5.32 Å². The van der Waals surface area contributed by atoms with E-state index in [9.17, 15) is 4.39 Å². The first-order valence-corrected chi connectivity index (χ1v) is 8.40. The Morgan fingerprint density at radius 3 is 3.00 bits per heavy atom. The molecule has 0 saturated heterocycles. The number of anilines is 1. The summed E-state index contributed by atoms with van der Waals surface area (Å²) in [5.74, 6) is -0.373. The lowest BCUT2D eigenvalue weighted by atomic mass is 9.94. The number of hydrogen-bond donors (Lipinski definition) is 1. The summed E-state index contributed by atoms with van der Waals surface area (Å²) in [7, 11) is 0. The van der Waals surface area contributed by atoms with Crippen molar-refractivity contribution in [2.75, 3.05) is 5.32 Å². The second kappa shape index (κ2) is 5.58. The SMILES string of the molecule is Fc1cc(NC2CCCc3sc(I)cc32)ccc1Cl. The summed E-state index contributed by atoms with van der Waals surface area (Å²) >= 11 is 9.93. The molecule has 0 aliphatic heterocycles. The Bertz CT molecular complexity index is 613. The van der Waals surface area contributed by atoms with Crippen LogP contribution >= 0.6 is 45.5 Å². The molecule has 1 aromatic heterocycles. The predicted octanol–water partition coefficient (Wildman–Crippen LogP) is 5.63. The fourth-order valence-corrected chi connectivity index (χ4v) is 4.70. The molecule has 1 aliphatic carbocycles. The van der Waals surface area contributed by atoms with Gasteiger partial charge in [0.1, 0.15) is 5.82 Å². The Morgan fingerprint density at radius 1 is 1.37 bits per heavy atom. The summed E-state index contributed by atoms with van der Waals surface area (Å²) in [5, 5.41) is 3.59. The van der Waals surface area contributed by atoms with Gasteiger partial charge in [0.2, 0.25) is 0 Å². The number of thiophene rings is 1. The van der Waals surface area contributed by atoms with Crippen molar-refractivity contribution in [3.8, 4) is 0 Å². The molecule has 2 aromatic rings. The van der Waals surface area contributed by atoms with Crippen molar-refractivity contribution in [1.29, 1.82) is 0 Å². The molecule has 1 nitrogen and oxygen atoms in total. The minimum Gasteiger partial charge on any atom is -0.378 e. The van der Waals surface area contributed by atoms with E-state index in [0.29, 0.717) is 0 Å². The molecule has 1 unspecified atom stereocenters. The molecule has 1 aliphatic rings. The summed E-state index contributed by atoms with van der Waals surface area (Å²) < 4.78 is 14.8. The van der Waals surface area contributed by atoms with E-state index < -0.39 is 0 Å². The first-order valence-electron chi connectivity index (χ1n) is 6.13. The summed E-state index contributed by atoms with van der Waals surface area (Å²) in [5.41, 5.74) is 2.16. The summed E-state index contributed by atoms with van der Waals surface area (Å²) in [6, 6.07) is 7.42. The smallest absolute Gasteiger partial charge is 0.143 e. The van der Waals surface area contributed by atoms with Gasteiger partial charge in [-0.3, -0.25) is 0 Å². The monoisotopic (exact) mass is 407 g/mol. The molecule has 3 rings (SSSR count). The van der Waals surface area contributed by atoms with Crippen LogP contribution in [0, 0.1) is 8.70 Å². The van der Waals surface area contributed by atoms with E-state index in [1.807, 2.05) is 17.4 Å². The summed E-state index contributed by atoms with van der Waals surface area (Å²) in [6.07, 6.45) is 3.43. The minimum absolute atomic E-state index is 0.167. The van der Waals surface area contributed by atoms with E-state index in [-0.39, 0.29) is 16.9 Å².